The van der Waals surface area contributed by atoms with Crippen molar-refractivity contribution in [1.82, 2.24) is 0 Å². The average Bonchev–Trinajstić information content (AvgIpc) is 0. The molecule has 0 aromatic carbocycles. The minimum absolute atomic E-state index is 0. The van der Waals surface area contributed by atoms with E-state index in [1.54, 1.807) is 0 Å². The zero-order valence-electron chi connectivity index (χ0n) is 2.60. The van der Waals surface area contributed by atoms with Crippen molar-refractivity contribution in [1.29, 1.82) is 0 Å². The molecule has 0 aliphatic carbocycles. The Bertz CT molecular complexity index is 9.61. The van der Waals surface area contributed by atoms with Crippen molar-refractivity contribution in [2.24, 2.45) is 0 Å². The van der Waals surface area contributed by atoms with Crippen LogP contribution in [0.25, 0.3) is 0 Å². The Morgan fingerprint density at radius 2 is 0.800 bits per heavy atom. The van der Waals surface area contributed by atoms with E-state index in [0.717, 1.165) is 0 Å². The summed E-state index contributed by atoms with van der Waals surface area (Å²) in [4.78, 5) is 0. The molecule has 3 radical (unpaired) electrons. The van der Waals surface area contributed by atoms with Crippen molar-refractivity contribution in [3.8, 4) is 0 Å². The van der Waals surface area contributed by atoms with Crippen LogP contribution < -0.4 is 0 Å². The van der Waals surface area contributed by atoms with Crippen LogP contribution in [0, 0.1) is 0 Å². The molecule has 0 heterocycles. The van der Waals surface area contributed by atoms with E-state index in [-0.39, 0.29) is 88.0 Å². The van der Waals surface area contributed by atoms with E-state index in [9.17, 15) is 0 Å². The maximum atomic E-state index is 0. The first-order chi connectivity index (χ1) is 0. The van der Waals surface area contributed by atoms with Gasteiger partial charge in [0.05, 0.1) is 0 Å². The van der Waals surface area contributed by atoms with E-state index in [2.05, 4.69) is 0 Å². The van der Waals surface area contributed by atoms with Crippen molar-refractivity contribution >= 4 is 49.8 Å². The summed E-state index contributed by atoms with van der Waals surface area (Å²) in [6.45, 7) is 0. The summed E-state index contributed by atoms with van der Waals surface area (Å²) in [6, 6.07) is 0. The molecule has 0 saturated carbocycles. The summed E-state index contributed by atoms with van der Waals surface area (Å²) in [5, 5.41) is 0. The topological polar surface area (TPSA) is 57.0 Å². The van der Waals surface area contributed by atoms with E-state index in [1.807, 2.05) is 0 Å². The molecule has 0 unspecified atom stereocenters. The monoisotopic (exact) mass is 381 g/mol. The molecule has 0 fully saturated rings. The molecule has 0 saturated heterocycles. The van der Waals surface area contributed by atoms with Gasteiger partial charge in [-0.3, -0.25) is 0 Å². The second-order valence-corrected chi connectivity index (χ2v) is 0. The molecule has 5 heavy (non-hydrogen) atoms. The molecule has 0 spiro atoms. The molecule has 0 atom stereocenters. The van der Waals surface area contributed by atoms with Gasteiger partial charge in [-0.05, 0) is 0 Å². The summed E-state index contributed by atoms with van der Waals surface area (Å²) in [6.07, 6.45) is 0. The number of hydrogen-bond acceptors (Lipinski definition) is 0. The van der Waals surface area contributed by atoms with Gasteiger partial charge in [0.25, 0.3) is 0 Å². The molecule has 5 heteroatoms. The Labute approximate surface area is 86.6 Å². The zero-order chi connectivity index (χ0) is 0. The quantitative estimate of drug-likeness (QED) is 0.486. The Morgan fingerprint density at radius 3 is 0.800 bits per heavy atom. The molecular weight excluding hydrogens is 378 g/mol. The molecule has 0 bridgehead atoms. The Balaban J connectivity index is 0. The average molecular weight is 378 g/mol. The van der Waals surface area contributed by atoms with E-state index in [1.165, 1.54) is 0 Å². The third-order valence-electron chi connectivity index (χ3n) is 0. The molecular formula is CdInO2Sn. The van der Waals surface area contributed by atoms with Crippen LogP contribution in [0.1, 0.15) is 0 Å². The molecule has 2 nitrogen and oxygen atoms in total. The Hall–Kier alpha value is 2.51. The normalized spacial score (nSPS) is 0. The molecule has 0 aromatic rings. The first-order valence-electron chi connectivity index (χ1n) is 0. The minimum Gasteiger partial charge on any atom is -2.00 e. The predicted octanol–water partition coefficient (Wildman–Crippen LogP) is -1.00. The van der Waals surface area contributed by atoms with E-state index >= 15 is 0 Å². The SMILES string of the molecule is [Cd].[In].[O-2].[O-2].[Sn+4]. The summed E-state index contributed by atoms with van der Waals surface area (Å²) >= 11 is 0. The van der Waals surface area contributed by atoms with Gasteiger partial charge in [0.15, 0.2) is 0 Å². The predicted molar refractivity (Wildman–Crippen MR) is 12.9 cm³/mol. The van der Waals surface area contributed by atoms with Crippen molar-refractivity contribution in [3.05, 3.63) is 0 Å². The van der Waals surface area contributed by atoms with Crippen molar-refractivity contribution < 1.29 is 38.3 Å². The Kier molecular flexibility index (Phi) is 317. The third-order valence-corrected chi connectivity index (χ3v) is 0. The number of rotatable bonds is 0. The Morgan fingerprint density at radius 1 is 0.800 bits per heavy atom. The van der Waals surface area contributed by atoms with Gasteiger partial charge in [-0.25, -0.2) is 0 Å². The van der Waals surface area contributed by atoms with Gasteiger partial charge in [-0.1, -0.05) is 0 Å². The summed E-state index contributed by atoms with van der Waals surface area (Å²) in [5.74, 6) is 0. The van der Waals surface area contributed by atoms with Gasteiger partial charge in [0.2, 0.25) is 0 Å². The van der Waals surface area contributed by atoms with E-state index < -0.39 is 0 Å². The molecule has 0 N–H and O–H groups in total. The molecule has 0 aliphatic rings. The van der Waals surface area contributed by atoms with E-state index in [4.69, 9.17) is 0 Å². The van der Waals surface area contributed by atoms with Crippen LogP contribution in [-0.4, -0.2) is 49.8 Å². The molecule has 0 aromatic heterocycles. The van der Waals surface area contributed by atoms with Crippen LogP contribution in [0.4, 0.5) is 0 Å². The van der Waals surface area contributed by atoms with Gasteiger partial charge in [0.1, 0.15) is 0 Å². The first-order valence-corrected chi connectivity index (χ1v) is 0. The fraction of sp³-hybridized carbons (Fsp3) is 0. The standard InChI is InChI=1S/Cd.In.2O.Sn/q;;2*-2;+4. The van der Waals surface area contributed by atoms with E-state index in [0.29, 0.717) is 0 Å². The molecule has 0 amide bonds. The van der Waals surface area contributed by atoms with Crippen LogP contribution >= 0.6 is 0 Å². The third kappa shape index (κ3) is 21.0. The molecule has 0 aliphatic heterocycles. The zero-order valence-corrected chi connectivity index (χ0v) is 12.8. The summed E-state index contributed by atoms with van der Waals surface area (Å²) < 4.78 is 0. The maximum Gasteiger partial charge on any atom is 4.00 e. The smallest absolute Gasteiger partial charge is 2.00 e. The van der Waals surface area contributed by atoms with Crippen LogP contribution in [0.15, 0.2) is 0 Å². The fourth-order valence-corrected chi connectivity index (χ4v) is 0. The van der Waals surface area contributed by atoms with Gasteiger partial charge >= 0.3 is 23.9 Å². The second kappa shape index (κ2) is 31.4. The number of hydrogen-bond donors (Lipinski definition) is 0. The molecule has 0 rings (SSSR count). The van der Waals surface area contributed by atoms with Crippen molar-refractivity contribution in [2.75, 3.05) is 0 Å². The second-order valence-electron chi connectivity index (χ2n) is 0. The van der Waals surface area contributed by atoms with Gasteiger partial charge in [-0.15, -0.1) is 0 Å². The van der Waals surface area contributed by atoms with Gasteiger partial charge < -0.3 is 11.0 Å². The summed E-state index contributed by atoms with van der Waals surface area (Å²) in [7, 11) is 0. The van der Waals surface area contributed by atoms with Gasteiger partial charge in [-0.2, -0.15) is 0 Å². The van der Waals surface area contributed by atoms with Crippen LogP contribution in [0.5, 0.6) is 0 Å². The summed E-state index contributed by atoms with van der Waals surface area (Å²) in [5.41, 5.74) is 0. The maximum absolute atomic E-state index is 0. The largest absolute Gasteiger partial charge is 4.00 e. The van der Waals surface area contributed by atoms with Gasteiger partial charge in [0, 0.05) is 53.1 Å². The fourth-order valence-electron chi connectivity index (χ4n) is 0. The minimum atomic E-state index is 0. The first kappa shape index (κ1) is 50.5. The van der Waals surface area contributed by atoms with Crippen LogP contribution in [0.3, 0.4) is 0 Å². The van der Waals surface area contributed by atoms with Crippen LogP contribution in [-0.2, 0) is 38.3 Å². The van der Waals surface area contributed by atoms with Crippen molar-refractivity contribution in [3.63, 3.8) is 0 Å². The van der Waals surface area contributed by atoms with Crippen molar-refractivity contribution in [2.45, 2.75) is 0 Å². The molecule has 21 valence electrons. The van der Waals surface area contributed by atoms with Crippen LogP contribution in [0.2, 0.25) is 0 Å².